The molecule has 0 radical (unpaired) electrons. The van der Waals surface area contributed by atoms with Crippen molar-refractivity contribution in [3.8, 4) is 11.3 Å². The largest absolute Gasteiger partial charge is 0.377 e. The maximum atomic E-state index is 13.3. The van der Waals surface area contributed by atoms with Gasteiger partial charge in [-0.15, -0.1) is 0 Å². The van der Waals surface area contributed by atoms with Crippen LogP contribution in [0.3, 0.4) is 0 Å². The molecule has 1 amide bonds. The number of ether oxygens (including phenoxy) is 1. The lowest BCUT2D eigenvalue weighted by Gasteiger charge is -2.35. The van der Waals surface area contributed by atoms with Gasteiger partial charge in [-0.25, -0.2) is 18.7 Å². The van der Waals surface area contributed by atoms with Crippen molar-refractivity contribution in [1.82, 2.24) is 19.7 Å². The molecule has 3 heterocycles. The summed E-state index contributed by atoms with van der Waals surface area (Å²) in [6, 6.07) is 6.11. The number of aromatic nitrogens is 3. The first-order valence-electron chi connectivity index (χ1n) is 12.6. The standard InChI is InChI=1S/C27H29F2N5O2/c1-16-10-19(2-5-21(16)26(35)32-20-3-4-20)23-14-31-25-24(30-13-17-11-27(28,29)12-17)33-22(15-34(23)25)18-6-8-36-9-7-18/h2,5-6,10,14-15,17,20H,3-4,7-9,11-13H2,1H3,(H,30,33)(H,32,35). The van der Waals surface area contributed by atoms with Crippen molar-refractivity contribution in [3.63, 3.8) is 0 Å². The number of hydrogen-bond acceptors (Lipinski definition) is 5. The van der Waals surface area contributed by atoms with E-state index in [-0.39, 0.29) is 24.7 Å². The van der Waals surface area contributed by atoms with Gasteiger partial charge in [-0.2, -0.15) is 0 Å². The van der Waals surface area contributed by atoms with E-state index in [0.717, 1.165) is 47.4 Å². The third-order valence-electron chi connectivity index (χ3n) is 7.20. The van der Waals surface area contributed by atoms with E-state index in [2.05, 4.69) is 15.6 Å². The number of nitrogens with zero attached hydrogens (tertiary/aromatic N) is 3. The number of hydrogen-bond donors (Lipinski definition) is 2. The molecule has 0 atom stereocenters. The molecule has 36 heavy (non-hydrogen) atoms. The quantitative estimate of drug-likeness (QED) is 0.492. The number of halogens is 2. The summed E-state index contributed by atoms with van der Waals surface area (Å²) in [6.45, 7) is 3.53. The average Bonchev–Trinajstić information content (AvgIpc) is 3.56. The Labute approximate surface area is 208 Å². The molecule has 6 rings (SSSR count). The van der Waals surface area contributed by atoms with E-state index in [1.165, 1.54) is 0 Å². The van der Waals surface area contributed by atoms with Crippen LogP contribution in [0.15, 0.2) is 36.7 Å². The van der Waals surface area contributed by atoms with Gasteiger partial charge in [0.2, 0.25) is 5.92 Å². The molecule has 1 aliphatic heterocycles. The van der Waals surface area contributed by atoms with Gasteiger partial charge in [0.25, 0.3) is 5.91 Å². The zero-order chi connectivity index (χ0) is 24.9. The second kappa shape index (κ2) is 8.96. The summed E-state index contributed by atoms with van der Waals surface area (Å²) in [4.78, 5) is 22.0. The first-order chi connectivity index (χ1) is 17.4. The fourth-order valence-electron chi connectivity index (χ4n) is 4.97. The highest BCUT2D eigenvalue weighted by Gasteiger charge is 2.45. The Morgan fingerprint density at radius 3 is 2.81 bits per heavy atom. The van der Waals surface area contributed by atoms with Crippen molar-refractivity contribution < 1.29 is 18.3 Å². The highest BCUT2D eigenvalue weighted by atomic mass is 19.3. The number of imidazole rings is 1. The number of carbonyl (C=O) groups is 1. The van der Waals surface area contributed by atoms with Crippen LogP contribution >= 0.6 is 0 Å². The fraction of sp³-hybridized carbons (Fsp3) is 0.444. The minimum Gasteiger partial charge on any atom is -0.377 e. The van der Waals surface area contributed by atoms with Crippen LogP contribution in [0.1, 0.15) is 53.7 Å². The van der Waals surface area contributed by atoms with Gasteiger partial charge in [-0.05, 0) is 55.4 Å². The van der Waals surface area contributed by atoms with Gasteiger partial charge in [0, 0.05) is 42.8 Å². The van der Waals surface area contributed by atoms with Crippen molar-refractivity contribution in [2.24, 2.45) is 5.92 Å². The lowest BCUT2D eigenvalue weighted by Crippen LogP contribution is -2.39. The minimum atomic E-state index is -2.55. The molecule has 1 aromatic carbocycles. The summed E-state index contributed by atoms with van der Waals surface area (Å²) < 4.78 is 34.1. The number of aryl methyl sites for hydroxylation is 1. The molecular weight excluding hydrogens is 464 g/mol. The number of rotatable bonds is 7. The van der Waals surface area contributed by atoms with Gasteiger partial charge in [-0.3, -0.25) is 9.20 Å². The Hall–Kier alpha value is -3.33. The number of benzene rings is 1. The van der Waals surface area contributed by atoms with Crippen LogP contribution in [-0.4, -0.2) is 52.0 Å². The van der Waals surface area contributed by atoms with Gasteiger partial charge in [0.15, 0.2) is 11.5 Å². The van der Waals surface area contributed by atoms with E-state index in [1.807, 2.05) is 41.8 Å². The molecule has 7 nitrogen and oxygen atoms in total. The van der Waals surface area contributed by atoms with Crippen LogP contribution in [0, 0.1) is 12.8 Å². The monoisotopic (exact) mass is 493 g/mol. The number of anilines is 1. The third-order valence-corrected chi connectivity index (χ3v) is 7.20. The molecule has 0 saturated heterocycles. The molecule has 3 aromatic rings. The molecule has 9 heteroatoms. The Morgan fingerprint density at radius 1 is 1.28 bits per heavy atom. The zero-order valence-electron chi connectivity index (χ0n) is 20.2. The topological polar surface area (TPSA) is 80.6 Å². The van der Waals surface area contributed by atoms with E-state index in [4.69, 9.17) is 9.72 Å². The Bertz CT molecular complexity index is 1350. The van der Waals surface area contributed by atoms with E-state index in [0.29, 0.717) is 42.8 Å². The van der Waals surface area contributed by atoms with Gasteiger partial charge >= 0.3 is 0 Å². The summed E-state index contributed by atoms with van der Waals surface area (Å²) in [5, 5.41) is 6.34. The van der Waals surface area contributed by atoms with E-state index >= 15 is 0 Å². The highest BCUT2D eigenvalue weighted by molar-refractivity contribution is 5.96. The lowest BCUT2D eigenvalue weighted by molar-refractivity contribution is -0.106. The molecular formula is C27H29F2N5O2. The maximum absolute atomic E-state index is 13.3. The molecule has 2 saturated carbocycles. The second-order valence-corrected chi connectivity index (χ2v) is 10.2. The molecule has 2 N–H and O–H groups in total. The van der Waals surface area contributed by atoms with Crippen molar-refractivity contribution in [1.29, 1.82) is 0 Å². The fourth-order valence-corrected chi connectivity index (χ4v) is 4.97. The number of amides is 1. The van der Waals surface area contributed by atoms with E-state index < -0.39 is 5.92 Å². The molecule has 188 valence electrons. The molecule has 2 aromatic heterocycles. The van der Waals surface area contributed by atoms with E-state index in [1.54, 1.807) is 6.20 Å². The van der Waals surface area contributed by atoms with Crippen LogP contribution in [0.25, 0.3) is 22.5 Å². The number of carbonyl (C=O) groups excluding carboxylic acids is 1. The summed E-state index contributed by atoms with van der Waals surface area (Å²) >= 11 is 0. The predicted octanol–water partition coefficient (Wildman–Crippen LogP) is 4.86. The Morgan fingerprint density at radius 2 is 2.11 bits per heavy atom. The Kier molecular flexibility index (Phi) is 5.75. The average molecular weight is 494 g/mol. The summed E-state index contributed by atoms with van der Waals surface area (Å²) in [7, 11) is 0. The first kappa shape index (κ1) is 23.1. The predicted molar refractivity (Wildman–Crippen MR) is 133 cm³/mol. The summed E-state index contributed by atoms with van der Waals surface area (Å²) in [5.74, 6) is -2.09. The van der Waals surface area contributed by atoms with Gasteiger partial charge in [0.05, 0.1) is 30.8 Å². The smallest absolute Gasteiger partial charge is 0.251 e. The van der Waals surface area contributed by atoms with Crippen LogP contribution in [0.5, 0.6) is 0 Å². The molecule has 2 fully saturated rings. The highest BCUT2D eigenvalue weighted by Crippen LogP contribution is 2.42. The zero-order valence-corrected chi connectivity index (χ0v) is 20.2. The van der Waals surface area contributed by atoms with Crippen molar-refractivity contribution >= 4 is 22.9 Å². The lowest BCUT2D eigenvalue weighted by atomic mass is 9.81. The van der Waals surface area contributed by atoms with E-state index in [9.17, 15) is 13.6 Å². The first-order valence-corrected chi connectivity index (χ1v) is 12.6. The van der Waals surface area contributed by atoms with Crippen LogP contribution in [0.2, 0.25) is 0 Å². The number of nitrogens with one attached hydrogen (secondary N) is 2. The maximum Gasteiger partial charge on any atom is 0.251 e. The normalized spacial score (nSPS) is 19.6. The molecule has 0 bridgehead atoms. The number of alkyl halides is 2. The molecule has 0 spiro atoms. The second-order valence-electron chi connectivity index (χ2n) is 10.2. The minimum absolute atomic E-state index is 0.0364. The summed E-state index contributed by atoms with van der Waals surface area (Å²) in [5.41, 5.74) is 5.91. The van der Waals surface area contributed by atoms with Gasteiger partial charge < -0.3 is 15.4 Å². The molecule has 0 unspecified atom stereocenters. The van der Waals surface area contributed by atoms with Gasteiger partial charge in [0.1, 0.15) is 0 Å². The summed E-state index contributed by atoms with van der Waals surface area (Å²) in [6.07, 6.45) is 8.44. The van der Waals surface area contributed by atoms with Crippen LogP contribution < -0.4 is 10.6 Å². The van der Waals surface area contributed by atoms with Crippen LogP contribution in [-0.2, 0) is 4.74 Å². The van der Waals surface area contributed by atoms with Crippen molar-refractivity contribution in [2.75, 3.05) is 25.1 Å². The third kappa shape index (κ3) is 4.59. The van der Waals surface area contributed by atoms with Gasteiger partial charge in [-0.1, -0.05) is 12.1 Å². The number of fused-ring (bicyclic) bond motifs is 1. The molecule has 3 aliphatic rings. The molecule has 2 aliphatic carbocycles. The van der Waals surface area contributed by atoms with Crippen molar-refractivity contribution in [3.05, 3.63) is 53.5 Å². The SMILES string of the molecule is Cc1cc(-c2cnc3c(NCC4CC(F)(F)C4)nc(C4=CCOCC4)cn23)ccc1C(=O)NC1CC1. The Balaban J connectivity index is 1.35. The van der Waals surface area contributed by atoms with Crippen molar-refractivity contribution in [2.45, 2.75) is 51.0 Å². The van der Waals surface area contributed by atoms with Crippen LogP contribution in [0.4, 0.5) is 14.6 Å².